The topological polar surface area (TPSA) is 56.9 Å². The second-order valence-electron chi connectivity index (χ2n) is 5.91. The highest BCUT2D eigenvalue weighted by molar-refractivity contribution is 5.95. The quantitative estimate of drug-likeness (QED) is 0.939. The number of aliphatic hydroxyl groups excluding tert-OH is 1. The predicted molar refractivity (Wildman–Crippen MR) is 87.2 cm³/mol. The molecular weight excluding hydrogens is 292 g/mol. The average molecular weight is 314 g/mol. The van der Waals surface area contributed by atoms with Crippen molar-refractivity contribution < 1.29 is 14.3 Å². The minimum absolute atomic E-state index is 0.0273. The normalized spacial score (nSPS) is 17.2. The molecule has 0 unspecified atom stereocenters. The Morgan fingerprint density at radius 1 is 1.17 bits per heavy atom. The van der Waals surface area contributed by atoms with E-state index in [1.54, 1.807) is 19.3 Å². The summed E-state index contributed by atoms with van der Waals surface area (Å²) in [6, 6.07) is 11.4. The summed E-state index contributed by atoms with van der Waals surface area (Å²) in [5, 5.41) is 10.3. The highest BCUT2D eigenvalue weighted by Crippen LogP contribution is 2.17. The van der Waals surface area contributed by atoms with Crippen LogP contribution in [-0.4, -0.2) is 53.5 Å². The van der Waals surface area contributed by atoms with E-state index < -0.39 is 6.10 Å². The Bertz CT molecular complexity index is 645. The van der Waals surface area contributed by atoms with Gasteiger partial charge in [0.15, 0.2) is 0 Å². The van der Waals surface area contributed by atoms with Gasteiger partial charge in [0, 0.05) is 32.7 Å². The third-order valence-corrected chi connectivity index (χ3v) is 4.36. The molecule has 1 saturated heterocycles. The number of β-amino-alcohol motifs (C(OH)–C–C–N with tert-alkyl or cyclic N) is 1. The summed E-state index contributed by atoms with van der Waals surface area (Å²) in [6.45, 7) is 5.28. The Balaban J connectivity index is 1.53. The molecule has 23 heavy (non-hydrogen) atoms. The van der Waals surface area contributed by atoms with Crippen LogP contribution in [0.3, 0.4) is 0 Å². The molecule has 5 nitrogen and oxygen atoms in total. The number of carbonyl (C=O) groups is 1. The highest BCUT2D eigenvalue weighted by Gasteiger charge is 2.25. The number of benzene rings is 1. The van der Waals surface area contributed by atoms with Crippen LogP contribution in [0.15, 0.2) is 47.1 Å². The number of furan rings is 1. The van der Waals surface area contributed by atoms with Gasteiger partial charge in [-0.3, -0.25) is 9.69 Å². The van der Waals surface area contributed by atoms with Crippen LogP contribution in [-0.2, 0) is 0 Å². The number of carbonyl (C=O) groups excluding carboxylic acids is 1. The van der Waals surface area contributed by atoms with E-state index in [4.69, 9.17) is 4.42 Å². The van der Waals surface area contributed by atoms with Gasteiger partial charge in [0.1, 0.15) is 5.76 Å². The Kier molecular flexibility index (Phi) is 4.79. The molecule has 0 radical (unpaired) electrons. The third-order valence-electron chi connectivity index (χ3n) is 4.36. The van der Waals surface area contributed by atoms with E-state index >= 15 is 0 Å². The second-order valence-corrected chi connectivity index (χ2v) is 5.91. The van der Waals surface area contributed by atoms with Gasteiger partial charge >= 0.3 is 0 Å². The molecule has 1 atom stereocenters. The molecule has 1 fully saturated rings. The van der Waals surface area contributed by atoms with E-state index in [2.05, 4.69) is 4.90 Å². The SMILES string of the molecule is Cc1occc1C(=O)N1CCN(C[C@@H](O)c2ccccc2)CC1. The average Bonchev–Trinajstić information content (AvgIpc) is 3.02. The van der Waals surface area contributed by atoms with E-state index in [9.17, 15) is 9.90 Å². The molecule has 1 aromatic carbocycles. The lowest BCUT2D eigenvalue weighted by atomic mass is 10.1. The lowest BCUT2D eigenvalue weighted by Crippen LogP contribution is -2.49. The van der Waals surface area contributed by atoms with Gasteiger partial charge in [0.05, 0.1) is 17.9 Å². The van der Waals surface area contributed by atoms with E-state index in [1.807, 2.05) is 35.2 Å². The van der Waals surface area contributed by atoms with Crippen molar-refractivity contribution in [3.05, 3.63) is 59.5 Å². The van der Waals surface area contributed by atoms with E-state index in [1.165, 1.54) is 0 Å². The number of hydrogen-bond acceptors (Lipinski definition) is 4. The highest BCUT2D eigenvalue weighted by atomic mass is 16.3. The summed E-state index contributed by atoms with van der Waals surface area (Å²) in [6.07, 6.45) is 1.06. The monoisotopic (exact) mass is 314 g/mol. The van der Waals surface area contributed by atoms with Gasteiger partial charge in [-0.25, -0.2) is 0 Å². The van der Waals surface area contributed by atoms with Crippen LogP contribution in [0.25, 0.3) is 0 Å². The number of rotatable bonds is 4. The maximum atomic E-state index is 12.4. The number of amides is 1. The largest absolute Gasteiger partial charge is 0.469 e. The lowest BCUT2D eigenvalue weighted by molar-refractivity contribution is 0.0526. The fourth-order valence-corrected chi connectivity index (χ4v) is 2.94. The molecule has 0 aliphatic carbocycles. The molecule has 3 rings (SSSR count). The lowest BCUT2D eigenvalue weighted by Gasteiger charge is -2.35. The van der Waals surface area contributed by atoms with Crippen LogP contribution in [0.5, 0.6) is 0 Å². The summed E-state index contributed by atoms with van der Waals surface area (Å²) >= 11 is 0. The molecular formula is C18H22N2O3. The van der Waals surface area contributed by atoms with E-state index in [-0.39, 0.29) is 5.91 Å². The van der Waals surface area contributed by atoms with Gasteiger partial charge < -0.3 is 14.4 Å². The fourth-order valence-electron chi connectivity index (χ4n) is 2.94. The zero-order valence-corrected chi connectivity index (χ0v) is 13.3. The van der Waals surface area contributed by atoms with Crippen LogP contribution in [0.4, 0.5) is 0 Å². The molecule has 0 bridgehead atoms. The van der Waals surface area contributed by atoms with E-state index in [0.29, 0.717) is 31.0 Å². The number of aryl methyl sites for hydroxylation is 1. The molecule has 5 heteroatoms. The van der Waals surface area contributed by atoms with E-state index in [0.717, 1.165) is 18.7 Å². The van der Waals surface area contributed by atoms with Gasteiger partial charge in [-0.2, -0.15) is 0 Å². The van der Waals surface area contributed by atoms with Gasteiger partial charge in [-0.05, 0) is 18.6 Å². The summed E-state index contributed by atoms with van der Waals surface area (Å²) in [4.78, 5) is 16.5. The molecule has 1 N–H and O–H groups in total. The fraction of sp³-hybridized carbons (Fsp3) is 0.389. The summed E-state index contributed by atoms with van der Waals surface area (Å²) < 4.78 is 5.21. The third kappa shape index (κ3) is 3.63. The molecule has 0 spiro atoms. The minimum Gasteiger partial charge on any atom is -0.469 e. The second kappa shape index (κ2) is 6.98. The van der Waals surface area contributed by atoms with Crippen LogP contribution in [0, 0.1) is 6.92 Å². The molecule has 2 heterocycles. The number of aliphatic hydroxyl groups is 1. The van der Waals surface area contributed by atoms with Crippen molar-refractivity contribution in [1.82, 2.24) is 9.80 Å². The Hall–Kier alpha value is -2.11. The molecule has 1 aliphatic heterocycles. The first-order chi connectivity index (χ1) is 11.1. The Morgan fingerprint density at radius 2 is 1.87 bits per heavy atom. The van der Waals surface area contributed by atoms with Crippen LogP contribution in [0.1, 0.15) is 27.8 Å². The smallest absolute Gasteiger partial charge is 0.257 e. The van der Waals surface area contributed by atoms with Gasteiger partial charge in [0.25, 0.3) is 5.91 Å². The van der Waals surface area contributed by atoms with Crippen LogP contribution < -0.4 is 0 Å². The van der Waals surface area contributed by atoms with Crippen molar-refractivity contribution in [1.29, 1.82) is 0 Å². The summed E-state index contributed by atoms with van der Waals surface area (Å²) in [5.74, 6) is 0.691. The molecule has 0 saturated carbocycles. The number of hydrogen-bond donors (Lipinski definition) is 1. The maximum absolute atomic E-state index is 12.4. The first-order valence-corrected chi connectivity index (χ1v) is 7.94. The first-order valence-electron chi connectivity index (χ1n) is 7.94. The molecule has 1 amide bonds. The standard InChI is InChI=1S/C18H22N2O3/c1-14-16(7-12-23-14)18(22)20-10-8-19(9-11-20)13-17(21)15-5-3-2-4-6-15/h2-7,12,17,21H,8-11,13H2,1H3/t17-/m1/s1. The number of nitrogens with zero attached hydrogens (tertiary/aromatic N) is 2. The van der Waals surface area contributed by atoms with Crippen LogP contribution >= 0.6 is 0 Å². The van der Waals surface area contributed by atoms with Crippen molar-refractivity contribution in [2.24, 2.45) is 0 Å². The van der Waals surface area contributed by atoms with Crippen molar-refractivity contribution >= 4 is 5.91 Å². The van der Waals surface area contributed by atoms with Crippen molar-refractivity contribution in [2.75, 3.05) is 32.7 Å². The van der Waals surface area contributed by atoms with Crippen LogP contribution in [0.2, 0.25) is 0 Å². The van der Waals surface area contributed by atoms with Crippen molar-refractivity contribution in [2.45, 2.75) is 13.0 Å². The molecule has 2 aromatic rings. The zero-order valence-electron chi connectivity index (χ0n) is 13.3. The van der Waals surface area contributed by atoms with Gasteiger partial charge in [-0.15, -0.1) is 0 Å². The Labute approximate surface area is 136 Å². The summed E-state index contributed by atoms with van der Waals surface area (Å²) in [5.41, 5.74) is 1.57. The van der Waals surface area contributed by atoms with Crippen molar-refractivity contribution in [3.8, 4) is 0 Å². The van der Waals surface area contributed by atoms with Gasteiger partial charge in [-0.1, -0.05) is 30.3 Å². The predicted octanol–water partition coefficient (Wildman–Crippen LogP) is 2.08. The first kappa shape index (κ1) is 15.8. The summed E-state index contributed by atoms with van der Waals surface area (Å²) in [7, 11) is 0. The zero-order chi connectivity index (χ0) is 16.2. The molecule has 1 aliphatic rings. The van der Waals surface area contributed by atoms with Crippen molar-refractivity contribution in [3.63, 3.8) is 0 Å². The molecule has 1 aromatic heterocycles. The maximum Gasteiger partial charge on any atom is 0.257 e. The van der Waals surface area contributed by atoms with Gasteiger partial charge in [0.2, 0.25) is 0 Å². The molecule has 122 valence electrons. The minimum atomic E-state index is -0.491. The Morgan fingerprint density at radius 3 is 2.48 bits per heavy atom. The number of piperazine rings is 1.